The molecule has 0 radical (unpaired) electrons. The molecule has 1 aromatic heterocycles. The first-order valence-corrected chi connectivity index (χ1v) is 6.64. The van der Waals surface area contributed by atoms with Gasteiger partial charge in [0, 0.05) is 17.6 Å². The van der Waals surface area contributed by atoms with Crippen LogP contribution in [0.25, 0.3) is 10.2 Å². The third-order valence-electron chi connectivity index (χ3n) is 2.67. The smallest absolute Gasteiger partial charge is 0.186 e. The summed E-state index contributed by atoms with van der Waals surface area (Å²) in [6, 6.07) is 6.26. The molecule has 1 saturated heterocycles. The van der Waals surface area contributed by atoms with Gasteiger partial charge in [-0.2, -0.15) is 0 Å². The van der Waals surface area contributed by atoms with Crippen LogP contribution in [0.5, 0.6) is 0 Å². The van der Waals surface area contributed by atoms with Gasteiger partial charge in [-0.15, -0.1) is 0 Å². The standard InChI is InChI=1S/C11H11BrN2S/c1-7-5-14(6-7)11-13-9-3-2-8(12)4-10(9)15-11/h2-4,7H,5-6H2,1H3. The Balaban J connectivity index is 1.99. The molecular weight excluding hydrogens is 272 g/mol. The lowest BCUT2D eigenvalue weighted by molar-refractivity contribution is 0.447. The summed E-state index contributed by atoms with van der Waals surface area (Å²) in [5, 5.41) is 1.17. The van der Waals surface area contributed by atoms with Crippen LogP contribution >= 0.6 is 27.3 Å². The molecule has 1 aromatic carbocycles. The maximum Gasteiger partial charge on any atom is 0.186 e. The van der Waals surface area contributed by atoms with Crippen LogP contribution in [-0.2, 0) is 0 Å². The van der Waals surface area contributed by atoms with Gasteiger partial charge in [0.2, 0.25) is 0 Å². The van der Waals surface area contributed by atoms with Gasteiger partial charge < -0.3 is 4.90 Å². The van der Waals surface area contributed by atoms with Gasteiger partial charge in [0.1, 0.15) is 0 Å². The number of anilines is 1. The number of nitrogens with zero attached hydrogens (tertiary/aromatic N) is 2. The van der Waals surface area contributed by atoms with Crippen molar-refractivity contribution in [2.75, 3.05) is 18.0 Å². The molecule has 2 nitrogen and oxygen atoms in total. The summed E-state index contributed by atoms with van der Waals surface area (Å²) in [5.41, 5.74) is 1.11. The fraction of sp³-hybridized carbons (Fsp3) is 0.364. The van der Waals surface area contributed by atoms with Crippen LogP contribution in [0.3, 0.4) is 0 Å². The highest BCUT2D eigenvalue weighted by Crippen LogP contribution is 2.33. The monoisotopic (exact) mass is 282 g/mol. The van der Waals surface area contributed by atoms with Gasteiger partial charge in [0.15, 0.2) is 5.13 Å². The summed E-state index contributed by atoms with van der Waals surface area (Å²) >= 11 is 5.27. The number of halogens is 1. The fourth-order valence-electron chi connectivity index (χ4n) is 1.88. The minimum Gasteiger partial charge on any atom is -0.347 e. The molecule has 1 aliphatic rings. The van der Waals surface area contributed by atoms with E-state index in [1.165, 1.54) is 9.83 Å². The molecule has 1 fully saturated rings. The van der Waals surface area contributed by atoms with Gasteiger partial charge >= 0.3 is 0 Å². The second-order valence-electron chi connectivity index (χ2n) is 4.12. The highest BCUT2D eigenvalue weighted by molar-refractivity contribution is 9.10. The molecule has 0 bridgehead atoms. The maximum atomic E-state index is 4.63. The van der Waals surface area contributed by atoms with E-state index >= 15 is 0 Å². The largest absolute Gasteiger partial charge is 0.347 e. The molecule has 1 aliphatic heterocycles. The molecule has 15 heavy (non-hydrogen) atoms. The highest BCUT2D eigenvalue weighted by Gasteiger charge is 2.25. The second kappa shape index (κ2) is 3.46. The first-order valence-electron chi connectivity index (χ1n) is 5.03. The summed E-state index contributed by atoms with van der Waals surface area (Å²) in [7, 11) is 0. The molecule has 0 saturated carbocycles. The maximum absolute atomic E-state index is 4.63. The lowest BCUT2D eigenvalue weighted by atomic mass is 10.0. The first-order chi connectivity index (χ1) is 7.22. The van der Waals surface area contributed by atoms with Gasteiger partial charge in [-0.1, -0.05) is 34.2 Å². The molecule has 2 heterocycles. The quantitative estimate of drug-likeness (QED) is 0.796. The van der Waals surface area contributed by atoms with E-state index < -0.39 is 0 Å². The van der Waals surface area contributed by atoms with Crippen LogP contribution in [0.15, 0.2) is 22.7 Å². The van der Waals surface area contributed by atoms with Crippen molar-refractivity contribution in [1.82, 2.24) is 4.98 Å². The predicted octanol–water partition coefficient (Wildman–Crippen LogP) is 3.51. The third-order valence-corrected chi connectivity index (χ3v) is 4.25. The van der Waals surface area contributed by atoms with Crippen molar-refractivity contribution in [3.05, 3.63) is 22.7 Å². The summed E-state index contributed by atoms with van der Waals surface area (Å²) in [4.78, 5) is 6.98. The molecule has 78 valence electrons. The number of hydrogen-bond acceptors (Lipinski definition) is 3. The van der Waals surface area contributed by atoms with Crippen LogP contribution in [-0.4, -0.2) is 18.1 Å². The topological polar surface area (TPSA) is 16.1 Å². The number of fused-ring (bicyclic) bond motifs is 1. The van der Waals surface area contributed by atoms with Crippen molar-refractivity contribution in [2.24, 2.45) is 5.92 Å². The number of thiazole rings is 1. The zero-order chi connectivity index (χ0) is 10.4. The molecular formula is C11H11BrN2S. The van der Waals surface area contributed by atoms with Crippen LogP contribution in [0.2, 0.25) is 0 Å². The molecule has 4 heteroatoms. The van der Waals surface area contributed by atoms with Gasteiger partial charge in [-0.25, -0.2) is 4.98 Å². The SMILES string of the molecule is CC1CN(c2nc3ccc(Br)cc3s2)C1. The Morgan fingerprint density at radius 2 is 2.27 bits per heavy atom. The lowest BCUT2D eigenvalue weighted by Gasteiger charge is -2.36. The molecule has 3 rings (SSSR count). The van der Waals surface area contributed by atoms with Gasteiger partial charge in [-0.05, 0) is 24.1 Å². The minimum absolute atomic E-state index is 0.823. The Bertz CT molecular complexity index is 502. The molecule has 0 atom stereocenters. The fourth-order valence-corrected chi connectivity index (χ4v) is 3.41. The summed E-state index contributed by atoms with van der Waals surface area (Å²) in [6.45, 7) is 4.59. The van der Waals surface area contributed by atoms with Crippen LogP contribution in [0.1, 0.15) is 6.92 Å². The van der Waals surface area contributed by atoms with Crippen molar-refractivity contribution in [3.63, 3.8) is 0 Å². The van der Waals surface area contributed by atoms with Crippen molar-refractivity contribution in [1.29, 1.82) is 0 Å². The highest BCUT2D eigenvalue weighted by atomic mass is 79.9. The van der Waals surface area contributed by atoms with Crippen LogP contribution in [0.4, 0.5) is 5.13 Å². The average molecular weight is 283 g/mol. The van der Waals surface area contributed by atoms with E-state index in [1.807, 2.05) is 6.07 Å². The first kappa shape index (κ1) is 9.60. The van der Waals surface area contributed by atoms with E-state index in [0.717, 1.165) is 29.0 Å². The van der Waals surface area contributed by atoms with Crippen molar-refractivity contribution < 1.29 is 0 Å². The normalized spacial score (nSPS) is 17.1. The summed E-state index contributed by atoms with van der Waals surface area (Å²) < 4.78 is 2.39. The Morgan fingerprint density at radius 1 is 1.47 bits per heavy atom. The van der Waals surface area contributed by atoms with Crippen molar-refractivity contribution in [3.8, 4) is 0 Å². The van der Waals surface area contributed by atoms with Crippen LogP contribution in [0, 0.1) is 5.92 Å². The third kappa shape index (κ3) is 1.66. The van der Waals surface area contributed by atoms with E-state index in [9.17, 15) is 0 Å². The molecule has 0 amide bonds. The molecule has 0 aliphatic carbocycles. The Labute approximate surface area is 101 Å². The number of aromatic nitrogens is 1. The number of rotatable bonds is 1. The zero-order valence-corrected chi connectivity index (χ0v) is 10.8. The van der Waals surface area contributed by atoms with Crippen molar-refractivity contribution >= 4 is 42.6 Å². The van der Waals surface area contributed by atoms with E-state index in [0.29, 0.717) is 0 Å². The van der Waals surface area contributed by atoms with E-state index in [-0.39, 0.29) is 0 Å². The molecule has 0 unspecified atom stereocenters. The van der Waals surface area contributed by atoms with E-state index in [1.54, 1.807) is 11.3 Å². The Kier molecular flexibility index (Phi) is 2.21. The summed E-state index contributed by atoms with van der Waals surface area (Å²) in [5.74, 6) is 0.823. The molecule has 0 N–H and O–H groups in total. The number of hydrogen-bond donors (Lipinski definition) is 0. The van der Waals surface area contributed by atoms with Crippen LogP contribution < -0.4 is 4.90 Å². The molecule has 2 aromatic rings. The molecule has 0 spiro atoms. The van der Waals surface area contributed by atoms with Crippen molar-refractivity contribution in [2.45, 2.75) is 6.92 Å². The average Bonchev–Trinajstić information content (AvgIpc) is 2.55. The Morgan fingerprint density at radius 3 is 3.00 bits per heavy atom. The zero-order valence-electron chi connectivity index (χ0n) is 8.40. The lowest BCUT2D eigenvalue weighted by Crippen LogP contribution is -2.45. The van der Waals surface area contributed by atoms with E-state index in [4.69, 9.17) is 0 Å². The number of benzene rings is 1. The minimum atomic E-state index is 0.823. The van der Waals surface area contributed by atoms with Gasteiger partial charge in [-0.3, -0.25) is 0 Å². The summed E-state index contributed by atoms with van der Waals surface area (Å²) in [6.07, 6.45) is 0. The van der Waals surface area contributed by atoms with Gasteiger partial charge in [0.05, 0.1) is 10.2 Å². The predicted molar refractivity (Wildman–Crippen MR) is 68.7 cm³/mol. The Hall–Kier alpha value is -0.610. The van der Waals surface area contributed by atoms with E-state index in [2.05, 4.69) is 44.9 Å². The van der Waals surface area contributed by atoms with Gasteiger partial charge in [0.25, 0.3) is 0 Å². The second-order valence-corrected chi connectivity index (χ2v) is 6.04.